The number of rotatable bonds is 4. The molecule has 2 rings (SSSR count). The molecule has 2 atom stereocenters. The maximum atomic E-state index is 5.93. The third kappa shape index (κ3) is 2.40. The summed E-state index contributed by atoms with van der Waals surface area (Å²) < 4.78 is 13.2. The lowest BCUT2D eigenvalue weighted by molar-refractivity contribution is 0.209. The SMILES string of the molecule is CCCNC1c2c(Br)c(OC)cc(Br)c2OC1C. The van der Waals surface area contributed by atoms with Gasteiger partial charge in [0.15, 0.2) is 0 Å². The minimum Gasteiger partial charge on any atom is -0.496 e. The van der Waals surface area contributed by atoms with Gasteiger partial charge in [0.25, 0.3) is 0 Å². The second kappa shape index (κ2) is 5.80. The smallest absolute Gasteiger partial charge is 0.140 e. The van der Waals surface area contributed by atoms with Crippen molar-refractivity contribution in [3.8, 4) is 11.5 Å². The van der Waals surface area contributed by atoms with Crippen LogP contribution in [0.5, 0.6) is 11.5 Å². The van der Waals surface area contributed by atoms with E-state index in [0.717, 1.165) is 39.0 Å². The highest BCUT2D eigenvalue weighted by molar-refractivity contribution is 9.11. The highest BCUT2D eigenvalue weighted by Gasteiger charge is 2.35. The van der Waals surface area contributed by atoms with E-state index in [1.165, 1.54) is 0 Å². The Morgan fingerprint density at radius 1 is 1.44 bits per heavy atom. The molecule has 0 saturated heterocycles. The Labute approximate surface area is 124 Å². The van der Waals surface area contributed by atoms with Crippen LogP contribution in [0.15, 0.2) is 15.0 Å². The first-order valence-corrected chi connectivity index (χ1v) is 7.64. The van der Waals surface area contributed by atoms with E-state index in [-0.39, 0.29) is 12.1 Å². The summed E-state index contributed by atoms with van der Waals surface area (Å²) in [5.74, 6) is 1.73. The molecule has 0 fully saturated rings. The molecular formula is C13H17Br2NO2. The summed E-state index contributed by atoms with van der Waals surface area (Å²) in [5.41, 5.74) is 1.14. The Balaban J connectivity index is 2.45. The summed E-state index contributed by atoms with van der Waals surface area (Å²) in [6, 6.07) is 2.12. The molecule has 0 saturated carbocycles. The first-order valence-electron chi connectivity index (χ1n) is 6.06. The van der Waals surface area contributed by atoms with E-state index in [0.29, 0.717) is 0 Å². The molecule has 5 heteroatoms. The van der Waals surface area contributed by atoms with Crippen LogP contribution in [0.25, 0.3) is 0 Å². The van der Waals surface area contributed by atoms with Crippen LogP contribution in [0.2, 0.25) is 0 Å². The fourth-order valence-electron chi connectivity index (χ4n) is 2.21. The number of methoxy groups -OCH3 is 1. The molecule has 100 valence electrons. The predicted molar refractivity (Wildman–Crippen MR) is 79.5 cm³/mol. The topological polar surface area (TPSA) is 30.5 Å². The number of hydrogen-bond donors (Lipinski definition) is 1. The maximum absolute atomic E-state index is 5.93. The zero-order valence-corrected chi connectivity index (χ0v) is 13.9. The number of fused-ring (bicyclic) bond motifs is 1. The molecule has 2 unspecified atom stereocenters. The van der Waals surface area contributed by atoms with Gasteiger partial charge in [-0.2, -0.15) is 0 Å². The van der Waals surface area contributed by atoms with E-state index < -0.39 is 0 Å². The van der Waals surface area contributed by atoms with Gasteiger partial charge in [-0.25, -0.2) is 0 Å². The summed E-state index contributed by atoms with van der Waals surface area (Å²) in [6.45, 7) is 5.21. The molecule has 0 radical (unpaired) electrons. The Morgan fingerprint density at radius 2 is 2.17 bits per heavy atom. The highest BCUT2D eigenvalue weighted by atomic mass is 79.9. The number of benzene rings is 1. The van der Waals surface area contributed by atoms with Crippen LogP contribution in [-0.2, 0) is 0 Å². The van der Waals surface area contributed by atoms with Gasteiger partial charge >= 0.3 is 0 Å². The van der Waals surface area contributed by atoms with Crippen LogP contribution in [0.4, 0.5) is 0 Å². The zero-order chi connectivity index (χ0) is 13.3. The van der Waals surface area contributed by atoms with E-state index in [4.69, 9.17) is 9.47 Å². The van der Waals surface area contributed by atoms with Crippen LogP contribution in [0.3, 0.4) is 0 Å². The number of nitrogens with one attached hydrogen (secondary N) is 1. The fraction of sp³-hybridized carbons (Fsp3) is 0.538. The Morgan fingerprint density at radius 3 is 2.78 bits per heavy atom. The quantitative estimate of drug-likeness (QED) is 0.857. The number of ether oxygens (including phenoxy) is 2. The first kappa shape index (κ1) is 14.2. The standard InChI is InChI=1S/C13H17Br2NO2/c1-4-5-16-12-7(2)18-13-8(14)6-9(17-3)11(15)10(12)13/h6-7,12,16H,4-5H2,1-3H3. The largest absolute Gasteiger partial charge is 0.496 e. The molecular weight excluding hydrogens is 362 g/mol. The van der Waals surface area contributed by atoms with Gasteiger partial charge in [-0.05, 0) is 57.8 Å². The van der Waals surface area contributed by atoms with Crippen molar-refractivity contribution in [2.45, 2.75) is 32.4 Å². The van der Waals surface area contributed by atoms with Gasteiger partial charge in [-0.1, -0.05) is 6.92 Å². The summed E-state index contributed by atoms with van der Waals surface area (Å²) in [5, 5.41) is 3.53. The van der Waals surface area contributed by atoms with Gasteiger partial charge in [0, 0.05) is 5.56 Å². The molecule has 3 nitrogen and oxygen atoms in total. The van der Waals surface area contributed by atoms with E-state index in [9.17, 15) is 0 Å². The van der Waals surface area contributed by atoms with E-state index in [2.05, 4.69) is 51.0 Å². The Bertz CT molecular complexity index is 451. The van der Waals surface area contributed by atoms with E-state index in [1.807, 2.05) is 6.07 Å². The van der Waals surface area contributed by atoms with Crippen molar-refractivity contribution < 1.29 is 9.47 Å². The second-order valence-electron chi connectivity index (χ2n) is 4.37. The van der Waals surface area contributed by atoms with Crippen molar-refractivity contribution in [2.24, 2.45) is 0 Å². The minimum atomic E-state index is 0.117. The van der Waals surface area contributed by atoms with Crippen molar-refractivity contribution >= 4 is 31.9 Å². The van der Waals surface area contributed by atoms with Crippen LogP contribution < -0.4 is 14.8 Å². The summed E-state index contributed by atoms with van der Waals surface area (Å²) in [4.78, 5) is 0. The average molecular weight is 379 g/mol. The third-order valence-electron chi connectivity index (χ3n) is 3.09. The monoisotopic (exact) mass is 377 g/mol. The van der Waals surface area contributed by atoms with Crippen LogP contribution in [-0.4, -0.2) is 19.8 Å². The van der Waals surface area contributed by atoms with Crippen molar-refractivity contribution in [1.29, 1.82) is 0 Å². The normalized spacial score (nSPS) is 21.6. The van der Waals surface area contributed by atoms with Crippen LogP contribution >= 0.6 is 31.9 Å². The van der Waals surface area contributed by atoms with Gasteiger partial charge in [0.2, 0.25) is 0 Å². The van der Waals surface area contributed by atoms with Crippen LogP contribution in [0.1, 0.15) is 31.9 Å². The fourth-order valence-corrected chi connectivity index (χ4v) is 3.43. The molecule has 0 amide bonds. The average Bonchev–Trinajstić information content (AvgIpc) is 2.69. The number of hydrogen-bond acceptors (Lipinski definition) is 3. The molecule has 0 aromatic heterocycles. The van der Waals surface area contributed by atoms with Gasteiger partial charge in [-0.3, -0.25) is 0 Å². The van der Waals surface area contributed by atoms with E-state index in [1.54, 1.807) is 7.11 Å². The highest BCUT2D eigenvalue weighted by Crippen LogP contribution is 2.49. The second-order valence-corrected chi connectivity index (χ2v) is 6.02. The molecule has 0 bridgehead atoms. The lowest BCUT2D eigenvalue weighted by Crippen LogP contribution is -2.29. The maximum Gasteiger partial charge on any atom is 0.140 e. The summed E-state index contributed by atoms with van der Waals surface area (Å²) in [6.07, 6.45) is 1.22. The lowest BCUT2D eigenvalue weighted by Gasteiger charge is -2.17. The molecule has 1 aromatic carbocycles. The third-order valence-corrected chi connectivity index (χ3v) is 4.50. The summed E-state index contributed by atoms with van der Waals surface area (Å²) in [7, 11) is 1.67. The minimum absolute atomic E-state index is 0.117. The Hall–Kier alpha value is -0.260. The molecule has 1 heterocycles. The zero-order valence-electron chi connectivity index (χ0n) is 10.7. The molecule has 0 aliphatic carbocycles. The molecule has 18 heavy (non-hydrogen) atoms. The number of halogens is 2. The van der Waals surface area contributed by atoms with Crippen molar-refractivity contribution in [2.75, 3.05) is 13.7 Å². The van der Waals surface area contributed by atoms with Crippen molar-refractivity contribution in [3.63, 3.8) is 0 Å². The van der Waals surface area contributed by atoms with Crippen molar-refractivity contribution in [3.05, 3.63) is 20.6 Å². The van der Waals surface area contributed by atoms with Crippen LogP contribution in [0, 0.1) is 0 Å². The van der Waals surface area contributed by atoms with E-state index >= 15 is 0 Å². The predicted octanol–water partition coefficient (Wildman–Crippen LogP) is 4.04. The molecule has 1 N–H and O–H groups in total. The first-order chi connectivity index (χ1) is 8.60. The van der Waals surface area contributed by atoms with Gasteiger partial charge in [-0.15, -0.1) is 0 Å². The summed E-state index contributed by atoms with van der Waals surface area (Å²) >= 11 is 7.16. The molecule has 1 aliphatic rings. The van der Waals surface area contributed by atoms with Gasteiger partial charge in [0.05, 0.1) is 22.1 Å². The van der Waals surface area contributed by atoms with Gasteiger partial charge < -0.3 is 14.8 Å². The molecule has 1 aliphatic heterocycles. The van der Waals surface area contributed by atoms with Crippen molar-refractivity contribution in [1.82, 2.24) is 5.32 Å². The lowest BCUT2D eigenvalue weighted by atomic mass is 10.0. The molecule has 1 aromatic rings. The van der Waals surface area contributed by atoms with Gasteiger partial charge in [0.1, 0.15) is 17.6 Å². The molecule has 0 spiro atoms. The Kier molecular flexibility index (Phi) is 4.56.